The number of hydrogen-bond acceptors (Lipinski definition) is 3. The Labute approximate surface area is 79.7 Å². The lowest BCUT2D eigenvalue weighted by Gasteiger charge is -2.05. The highest BCUT2D eigenvalue weighted by atomic mass is 16.6. The lowest BCUT2D eigenvalue weighted by Crippen LogP contribution is -2.05. The Bertz CT molecular complexity index is 164. The molecule has 0 aromatic carbocycles. The lowest BCUT2D eigenvalue weighted by molar-refractivity contribution is -0.137. The van der Waals surface area contributed by atoms with Gasteiger partial charge in [-0.05, 0) is 6.42 Å². The zero-order valence-corrected chi connectivity index (χ0v) is 8.47. The summed E-state index contributed by atoms with van der Waals surface area (Å²) in [5, 5.41) is 0. The molecule has 76 valence electrons. The molecule has 0 bridgehead atoms. The summed E-state index contributed by atoms with van der Waals surface area (Å²) in [6, 6.07) is 0. The van der Waals surface area contributed by atoms with Gasteiger partial charge in [-0.25, -0.2) is 0 Å². The molecule has 0 aromatic heterocycles. The third kappa shape index (κ3) is 9.08. The third-order valence-corrected chi connectivity index (χ3v) is 1.44. The smallest absolute Gasteiger partial charge is 0.307 e. The molecule has 0 radical (unpaired) electrons. The van der Waals surface area contributed by atoms with E-state index in [0.29, 0.717) is 19.0 Å². The van der Waals surface area contributed by atoms with Crippen LogP contribution in [0.1, 0.15) is 33.1 Å². The summed E-state index contributed by atoms with van der Waals surface area (Å²) in [6.07, 6.45) is 3.39. The molecule has 3 heteroatoms. The number of ether oxygens (including phenoxy) is 2. The summed E-state index contributed by atoms with van der Waals surface area (Å²) in [6.45, 7) is 8.04. The SMILES string of the molecule is C=C(COCCCCC)OC(C)=O. The summed E-state index contributed by atoms with van der Waals surface area (Å²) in [5.74, 6) is 0.0335. The van der Waals surface area contributed by atoms with Gasteiger partial charge in [0.1, 0.15) is 12.4 Å². The van der Waals surface area contributed by atoms with Crippen LogP contribution in [-0.4, -0.2) is 19.2 Å². The van der Waals surface area contributed by atoms with E-state index >= 15 is 0 Å². The molecule has 0 unspecified atom stereocenters. The van der Waals surface area contributed by atoms with Crippen molar-refractivity contribution in [2.75, 3.05) is 13.2 Å². The first-order valence-electron chi connectivity index (χ1n) is 4.60. The van der Waals surface area contributed by atoms with Crippen molar-refractivity contribution in [1.29, 1.82) is 0 Å². The van der Waals surface area contributed by atoms with E-state index in [1.807, 2.05) is 0 Å². The van der Waals surface area contributed by atoms with E-state index in [0.717, 1.165) is 6.42 Å². The van der Waals surface area contributed by atoms with Crippen LogP contribution in [-0.2, 0) is 14.3 Å². The van der Waals surface area contributed by atoms with Gasteiger partial charge in [0.05, 0.1) is 0 Å². The van der Waals surface area contributed by atoms with Crippen LogP contribution in [0.5, 0.6) is 0 Å². The van der Waals surface area contributed by atoms with E-state index in [2.05, 4.69) is 13.5 Å². The molecule has 3 nitrogen and oxygen atoms in total. The molecule has 13 heavy (non-hydrogen) atoms. The van der Waals surface area contributed by atoms with E-state index < -0.39 is 0 Å². The van der Waals surface area contributed by atoms with Crippen molar-refractivity contribution in [3.8, 4) is 0 Å². The fourth-order valence-electron chi connectivity index (χ4n) is 0.873. The third-order valence-electron chi connectivity index (χ3n) is 1.44. The maximum atomic E-state index is 10.5. The van der Waals surface area contributed by atoms with E-state index in [9.17, 15) is 4.79 Å². The summed E-state index contributed by atoms with van der Waals surface area (Å²) < 4.78 is 9.92. The normalized spacial score (nSPS) is 9.69. The minimum absolute atomic E-state index is 0.309. The van der Waals surface area contributed by atoms with Crippen LogP contribution in [0.15, 0.2) is 12.3 Å². The van der Waals surface area contributed by atoms with Crippen LogP contribution in [0.3, 0.4) is 0 Å². The highest BCUT2D eigenvalue weighted by Gasteiger charge is 1.98. The zero-order chi connectivity index (χ0) is 10.1. The van der Waals surface area contributed by atoms with Crippen molar-refractivity contribution >= 4 is 5.97 Å². The van der Waals surface area contributed by atoms with Gasteiger partial charge < -0.3 is 9.47 Å². The van der Waals surface area contributed by atoms with Crippen molar-refractivity contribution in [3.63, 3.8) is 0 Å². The van der Waals surface area contributed by atoms with Crippen LogP contribution in [0.4, 0.5) is 0 Å². The minimum Gasteiger partial charge on any atom is -0.429 e. The lowest BCUT2D eigenvalue weighted by atomic mass is 10.3. The highest BCUT2D eigenvalue weighted by Crippen LogP contribution is 1.98. The predicted octanol–water partition coefficient (Wildman–Crippen LogP) is 2.27. The molecule has 0 aromatic rings. The molecule has 0 spiro atoms. The summed E-state index contributed by atoms with van der Waals surface area (Å²) >= 11 is 0. The molecule has 0 heterocycles. The van der Waals surface area contributed by atoms with E-state index in [-0.39, 0.29) is 5.97 Å². The average molecular weight is 186 g/mol. The molecule has 0 aliphatic heterocycles. The van der Waals surface area contributed by atoms with Gasteiger partial charge in [-0.1, -0.05) is 26.3 Å². The first kappa shape index (κ1) is 12.2. The van der Waals surface area contributed by atoms with Crippen LogP contribution < -0.4 is 0 Å². The van der Waals surface area contributed by atoms with E-state index in [1.165, 1.54) is 19.8 Å². The number of hydrogen-bond donors (Lipinski definition) is 0. The topological polar surface area (TPSA) is 35.5 Å². The van der Waals surface area contributed by atoms with Gasteiger partial charge in [-0.3, -0.25) is 4.79 Å². The molecule has 0 rings (SSSR count). The molecular weight excluding hydrogens is 168 g/mol. The molecule has 0 N–H and O–H groups in total. The van der Waals surface area contributed by atoms with E-state index in [4.69, 9.17) is 9.47 Å². The average Bonchev–Trinajstić information content (AvgIpc) is 2.02. The summed E-state index contributed by atoms with van der Waals surface area (Å²) in [5.41, 5.74) is 0. The Kier molecular flexibility index (Phi) is 7.30. The number of rotatable bonds is 7. The standard InChI is InChI=1S/C10H18O3/c1-4-5-6-7-12-8-9(2)13-10(3)11/h2,4-8H2,1,3H3. The molecule has 0 amide bonds. The second-order valence-electron chi connectivity index (χ2n) is 2.89. The monoisotopic (exact) mass is 186 g/mol. The van der Waals surface area contributed by atoms with Gasteiger partial charge in [-0.15, -0.1) is 0 Å². The fraction of sp³-hybridized carbons (Fsp3) is 0.700. The number of unbranched alkanes of at least 4 members (excludes halogenated alkanes) is 2. The van der Waals surface area contributed by atoms with Crippen molar-refractivity contribution in [2.24, 2.45) is 0 Å². The van der Waals surface area contributed by atoms with Crippen LogP contribution in [0.25, 0.3) is 0 Å². The predicted molar refractivity (Wildman–Crippen MR) is 51.3 cm³/mol. The molecule has 0 aliphatic carbocycles. The highest BCUT2D eigenvalue weighted by molar-refractivity contribution is 5.67. The van der Waals surface area contributed by atoms with Gasteiger partial charge in [0.2, 0.25) is 0 Å². The Morgan fingerprint density at radius 2 is 2.08 bits per heavy atom. The number of carbonyl (C=O) groups is 1. The van der Waals surface area contributed by atoms with Crippen molar-refractivity contribution in [2.45, 2.75) is 33.1 Å². The first-order chi connectivity index (χ1) is 6.16. The Morgan fingerprint density at radius 1 is 1.38 bits per heavy atom. The van der Waals surface area contributed by atoms with Gasteiger partial charge in [0, 0.05) is 13.5 Å². The Morgan fingerprint density at radius 3 is 2.62 bits per heavy atom. The van der Waals surface area contributed by atoms with Crippen LogP contribution in [0, 0.1) is 0 Å². The first-order valence-corrected chi connectivity index (χ1v) is 4.60. The summed E-state index contributed by atoms with van der Waals surface area (Å²) in [7, 11) is 0. The fourth-order valence-corrected chi connectivity index (χ4v) is 0.873. The Balaban J connectivity index is 3.22. The maximum Gasteiger partial charge on any atom is 0.307 e. The van der Waals surface area contributed by atoms with Crippen LogP contribution in [0.2, 0.25) is 0 Å². The Hall–Kier alpha value is -0.830. The molecule has 0 saturated heterocycles. The minimum atomic E-state index is -0.345. The van der Waals surface area contributed by atoms with E-state index in [1.54, 1.807) is 0 Å². The number of carbonyl (C=O) groups excluding carboxylic acids is 1. The molecule has 0 saturated carbocycles. The molecule has 0 aliphatic rings. The van der Waals surface area contributed by atoms with Crippen molar-refractivity contribution in [3.05, 3.63) is 12.3 Å². The zero-order valence-electron chi connectivity index (χ0n) is 8.47. The van der Waals surface area contributed by atoms with Crippen LogP contribution >= 0.6 is 0 Å². The quantitative estimate of drug-likeness (QED) is 0.347. The molecular formula is C10H18O3. The summed E-state index contributed by atoms with van der Waals surface area (Å²) in [4.78, 5) is 10.5. The van der Waals surface area contributed by atoms with Crippen molar-refractivity contribution < 1.29 is 14.3 Å². The second kappa shape index (κ2) is 7.80. The van der Waals surface area contributed by atoms with Crippen molar-refractivity contribution in [1.82, 2.24) is 0 Å². The van der Waals surface area contributed by atoms with Gasteiger partial charge in [-0.2, -0.15) is 0 Å². The van der Waals surface area contributed by atoms with Gasteiger partial charge in [0.15, 0.2) is 0 Å². The number of esters is 1. The maximum absolute atomic E-state index is 10.5. The van der Waals surface area contributed by atoms with Gasteiger partial charge in [0.25, 0.3) is 0 Å². The molecule has 0 fully saturated rings. The second-order valence-corrected chi connectivity index (χ2v) is 2.89. The largest absolute Gasteiger partial charge is 0.429 e. The van der Waals surface area contributed by atoms with Gasteiger partial charge >= 0.3 is 5.97 Å². The molecule has 0 atom stereocenters.